The topological polar surface area (TPSA) is 146 Å². The molecular weight excluding hydrogens is 753 g/mol. The van der Waals surface area contributed by atoms with Gasteiger partial charge in [-0.3, -0.25) is 9.59 Å². The molecule has 14 heteroatoms. The van der Waals surface area contributed by atoms with Crippen LogP contribution in [-0.2, 0) is 19.1 Å². The lowest BCUT2D eigenvalue weighted by atomic mass is 9.96. The normalized spacial score (nSPS) is 22.1. The number of hydrogen-bond acceptors (Lipinski definition) is 7. The van der Waals surface area contributed by atoms with Gasteiger partial charge in [0.1, 0.15) is 39.4 Å². The third-order valence-corrected chi connectivity index (χ3v) is 12.0. The van der Waals surface area contributed by atoms with Crippen LogP contribution in [-0.4, -0.2) is 87.1 Å². The molecule has 0 radical (unpaired) electrons. The van der Waals surface area contributed by atoms with Crippen LogP contribution in [0.1, 0.15) is 83.5 Å². The first-order valence-corrected chi connectivity index (χ1v) is 20.4. The molecule has 3 saturated heterocycles. The Morgan fingerprint density at radius 2 is 1.27 bits per heavy atom. The zero-order valence-electron chi connectivity index (χ0n) is 32.6. The Morgan fingerprint density at radius 1 is 0.804 bits per heavy atom. The van der Waals surface area contributed by atoms with Crippen molar-refractivity contribution in [3.8, 4) is 33.6 Å². The van der Waals surface area contributed by atoms with Crippen LogP contribution in [0.4, 0.5) is 4.79 Å². The predicted octanol–water partition coefficient (Wildman–Crippen LogP) is 8.46. The number of alkyl carbamates (subject to hydrolysis) is 1. The summed E-state index contributed by atoms with van der Waals surface area (Å²) in [6, 6.07) is 15.0. The summed E-state index contributed by atoms with van der Waals surface area (Å²) >= 11 is 13.5. The van der Waals surface area contributed by atoms with Crippen LogP contribution < -0.4 is 5.32 Å². The lowest BCUT2D eigenvalue weighted by Crippen LogP contribution is -2.51. The van der Waals surface area contributed by atoms with Crippen molar-refractivity contribution in [2.24, 2.45) is 23.7 Å². The molecule has 3 N–H and O–H groups in total. The lowest BCUT2D eigenvalue weighted by Gasteiger charge is -2.30. The Labute approximate surface area is 338 Å². The molecule has 7 rings (SSSR count). The number of carbonyl (C=O) groups is 3. The standard InChI is InChI=1S/C42H51Cl2N7O5/c1-23(2)34(47-42(54)55-5)41(53)51-22-25(4)19-32(51)40-46-36(38(44)49-40)30-12-8-28(9-13-30)27-6-10-29(11-7-27)35-37(43)48-39(45-35)31-18-24(3)21-50(31)33(52)20-26-14-16-56-17-15-26/h6-13,23-26,31-32,34H,14-22H2,1-5H3,(H,45,48)(H,46,49)(H,47,54)/t24-,25-,31-,32-,34-/m0/s1. The number of rotatable bonds is 10. The summed E-state index contributed by atoms with van der Waals surface area (Å²) in [5, 5.41) is 3.55. The number of benzene rings is 2. The highest BCUT2D eigenvalue weighted by atomic mass is 35.5. The number of aromatic nitrogens is 4. The Morgan fingerprint density at radius 3 is 1.75 bits per heavy atom. The van der Waals surface area contributed by atoms with Gasteiger partial charge in [-0.15, -0.1) is 0 Å². The van der Waals surface area contributed by atoms with Gasteiger partial charge in [-0.25, -0.2) is 14.8 Å². The average molecular weight is 805 g/mol. The van der Waals surface area contributed by atoms with E-state index in [-0.39, 0.29) is 35.7 Å². The largest absolute Gasteiger partial charge is 0.453 e. The molecule has 12 nitrogen and oxygen atoms in total. The first-order valence-electron chi connectivity index (χ1n) is 19.6. The fraction of sp³-hybridized carbons (Fsp3) is 0.500. The molecule has 56 heavy (non-hydrogen) atoms. The molecule has 0 spiro atoms. The summed E-state index contributed by atoms with van der Waals surface area (Å²) in [6.45, 7) is 10.8. The molecule has 298 valence electrons. The molecule has 0 saturated carbocycles. The van der Waals surface area contributed by atoms with E-state index in [4.69, 9.17) is 42.6 Å². The Kier molecular flexibility index (Phi) is 12.1. The smallest absolute Gasteiger partial charge is 0.407 e. The molecule has 0 unspecified atom stereocenters. The molecule has 2 aromatic heterocycles. The summed E-state index contributed by atoms with van der Waals surface area (Å²) in [6.07, 6.45) is 3.32. The van der Waals surface area contributed by atoms with Crippen molar-refractivity contribution >= 4 is 41.1 Å². The predicted molar refractivity (Wildman–Crippen MR) is 216 cm³/mol. The van der Waals surface area contributed by atoms with Crippen molar-refractivity contribution in [1.29, 1.82) is 0 Å². The van der Waals surface area contributed by atoms with Gasteiger partial charge in [0.05, 0.1) is 19.2 Å². The number of methoxy groups -OCH3 is 1. The Hall–Kier alpha value is -4.39. The number of ether oxygens (including phenoxy) is 2. The molecule has 4 aromatic rings. The number of aromatic amines is 2. The average Bonchev–Trinajstić information content (AvgIpc) is 3.98. The van der Waals surface area contributed by atoms with E-state index in [1.807, 2.05) is 67.3 Å². The number of imidazole rings is 2. The van der Waals surface area contributed by atoms with Crippen molar-refractivity contribution in [3.05, 3.63) is 70.5 Å². The van der Waals surface area contributed by atoms with Gasteiger partial charge in [0.15, 0.2) is 0 Å². The number of amides is 3. The molecule has 3 aliphatic rings. The Bertz CT molecular complexity index is 2030. The van der Waals surface area contributed by atoms with Gasteiger partial charge in [-0.1, -0.05) is 99.4 Å². The molecular formula is C42H51Cl2N7O5. The first-order chi connectivity index (χ1) is 26.9. The maximum absolute atomic E-state index is 13.7. The summed E-state index contributed by atoms with van der Waals surface area (Å²) in [4.78, 5) is 59.3. The number of hydrogen-bond donors (Lipinski definition) is 3. The molecule has 5 atom stereocenters. The van der Waals surface area contributed by atoms with Crippen LogP contribution in [0, 0.1) is 23.7 Å². The molecule has 3 aliphatic heterocycles. The molecule has 5 heterocycles. The van der Waals surface area contributed by atoms with Gasteiger partial charge < -0.3 is 34.6 Å². The van der Waals surface area contributed by atoms with Crippen LogP contribution in [0.25, 0.3) is 33.6 Å². The minimum Gasteiger partial charge on any atom is -0.453 e. The van der Waals surface area contributed by atoms with E-state index in [2.05, 4.69) is 29.1 Å². The van der Waals surface area contributed by atoms with Gasteiger partial charge in [0, 0.05) is 43.9 Å². The molecule has 0 aliphatic carbocycles. The quantitative estimate of drug-likeness (QED) is 0.146. The number of nitrogens with one attached hydrogen (secondary N) is 3. The van der Waals surface area contributed by atoms with Crippen molar-refractivity contribution in [2.75, 3.05) is 33.4 Å². The third kappa shape index (κ3) is 8.47. The van der Waals surface area contributed by atoms with Crippen molar-refractivity contribution < 1.29 is 23.9 Å². The van der Waals surface area contributed by atoms with Crippen LogP contribution in [0.3, 0.4) is 0 Å². The third-order valence-electron chi connectivity index (χ3n) is 11.5. The lowest BCUT2D eigenvalue weighted by molar-refractivity contribution is -0.136. The van der Waals surface area contributed by atoms with Crippen LogP contribution >= 0.6 is 23.2 Å². The molecule has 0 bridgehead atoms. The second-order valence-electron chi connectivity index (χ2n) is 16.1. The molecule has 3 amide bonds. The molecule has 3 fully saturated rings. The van der Waals surface area contributed by atoms with Crippen molar-refractivity contribution in [3.63, 3.8) is 0 Å². The fourth-order valence-corrected chi connectivity index (χ4v) is 8.90. The number of nitrogens with zero attached hydrogens (tertiary/aromatic N) is 4. The monoisotopic (exact) mass is 803 g/mol. The van der Waals surface area contributed by atoms with E-state index >= 15 is 0 Å². The van der Waals surface area contributed by atoms with E-state index in [0.717, 1.165) is 67.1 Å². The summed E-state index contributed by atoms with van der Waals surface area (Å²) in [5.74, 6) is 2.19. The van der Waals surface area contributed by atoms with E-state index in [1.165, 1.54) is 7.11 Å². The zero-order chi connectivity index (χ0) is 39.7. The minimum absolute atomic E-state index is 0.129. The highest BCUT2D eigenvalue weighted by Gasteiger charge is 2.41. The summed E-state index contributed by atoms with van der Waals surface area (Å²) in [5.41, 5.74) is 5.03. The van der Waals surface area contributed by atoms with E-state index in [1.54, 1.807) is 4.90 Å². The summed E-state index contributed by atoms with van der Waals surface area (Å²) in [7, 11) is 1.28. The number of likely N-dealkylation sites (tertiary alicyclic amines) is 2. The maximum atomic E-state index is 13.7. The van der Waals surface area contributed by atoms with E-state index < -0.39 is 12.1 Å². The summed E-state index contributed by atoms with van der Waals surface area (Å²) < 4.78 is 10.3. The van der Waals surface area contributed by atoms with E-state index in [9.17, 15) is 14.4 Å². The number of carbonyl (C=O) groups excluding carboxylic acids is 3. The first kappa shape index (κ1) is 39.8. The van der Waals surface area contributed by atoms with Gasteiger partial charge in [0.2, 0.25) is 11.8 Å². The highest BCUT2D eigenvalue weighted by Crippen LogP contribution is 2.40. The van der Waals surface area contributed by atoms with Gasteiger partial charge >= 0.3 is 6.09 Å². The van der Waals surface area contributed by atoms with Crippen LogP contribution in [0.2, 0.25) is 10.3 Å². The van der Waals surface area contributed by atoms with Crippen LogP contribution in [0.15, 0.2) is 48.5 Å². The SMILES string of the molecule is COC(=O)N[C@H](C(=O)N1C[C@@H](C)C[C@H]1c1nc(-c2ccc(-c3ccc(-c4nc([C@@H]5C[C@H](C)CN5C(=O)CC5CCOCC5)[nH]c4Cl)cc3)cc2)c(Cl)[nH]1)C(C)C. The second kappa shape index (κ2) is 17.0. The van der Waals surface area contributed by atoms with E-state index in [0.29, 0.717) is 58.7 Å². The van der Waals surface area contributed by atoms with Gasteiger partial charge in [-0.05, 0) is 60.5 Å². The Balaban J connectivity index is 1.04. The molecule has 2 aromatic carbocycles. The highest BCUT2D eigenvalue weighted by molar-refractivity contribution is 6.32. The van der Waals surface area contributed by atoms with Crippen LogP contribution in [0.5, 0.6) is 0 Å². The number of halogens is 2. The van der Waals surface area contributed by atoms with Gasteiger partial charge in [-0.2, -0.15) is 0 Å². The second-order valence-corrected chi connectivity index (χ2v) is 16.8. The maximum Gasteiger partial charge on any atom is 0.407 e. The fourth-order valence-electron chi connectivity index (χ4n) is 8.40. The zero-order valence-corrected chi connectivity index (χ0v) is 34.1. The van der Waals surface area contributed by atoms with Crippen molar-refractivity contribution in [2.45, 2.75) is 77.9 Å². The number of H-pyrrole nitrogens is 2. The minimum atomic E-state index is -0.730. The van der Waals surface area contributed by atoms with Crippen molar-refractivity contribution in [1.82, 2.24) is 35.1 Å². The van der Waals surface area contributed by atoms with Gasteiger partial charge in [0.25, 0.3) is 0 Å².